The molecule has 3 N–H and O–H groups in total. The molecule has 2 aromatic carbocycles. The topological polar surface area (TPSA) is 72.9 Å². The summed E-state index contributed by atoms with van der Waals surface area (Å²) in [5.41, 5.74) is 9.38. The summed E-state index contributed by atoms with van der Waals surface area (Å²) < 4.78 is 2.11. The van der Waals surface area contributed by atoms with Gasteiger partial charge >= 0.3 is 0 Å². The van der Waals surface area contributed by atoms with Crippen molar-refractivity contribution in [2.45, 2.75) is 32.2 Å². The largest absolute Gasteiger partial charge is 0.349 e. The van der Waals surface area contributed by atoms with Crippen molar-refractivity contribution in [3.63, 3.8) is 0 Å². The van der Waals surface area contributed by atoms with Gasteiger partial charge in [0.05, 0.1) is 11.0 Å². The smallest absolute Gasteiger partial charge is 0.251 e. The molecule has 1 aliphatic carbocycles. The van der Waals surface area contributed by atoms with Crippen LogP contribution in [0.25, 0.3) is 16.7 Å². The number of carbonyl (C=O) groups excluding carboxylic acids is 1. The molecule has 1 heterocycles. The number of rotatable bonds is 4. The average molecular weight is 421 g/mol. The van der Waals surface area contributed by atoms with Gasteiger partial charge in [-0.15, -0.1) is 24.8 Å². The minimum Gasteiger partial charge on any atom is -0.349 e. The molecule has 3 aromatic rings. The molecule has 7 heteroatoms. The SMILES string of the molecule is Cc1nc2cc(C(=O)NC3CCCC3CN)ccc2n1-c1ccccc1.Cl.Cl. The van der Waals surface area contributed by atoms with Crippen LogP contribution in [0.4, 0.5) is 0 Å². The maximum Gasteiger partial charge on any atom is 0.251 e. The molecule has 1 aromatic heterocycles. The van der Waals surface area contributed by atoms with Gasteiger partial charge in [-0.1, -0.05) is 24.6 Å². The summed E-state index contributed by atoms with van der Waals surface area (Å²) in [6, 6.07) is 16.1. The van der Waals surface area contributed by atoms with Crippen LogP contribution in [0.5, 0.6) is 0 Å². The number of nitrogens with two attached hydrogens (primary N) is 1. The predicted molar refractivity (Wildman–Crippen MR) is 118 cm³/mol. The number of imidazole rings is 1. The highest BCUT2D eigenvalue weighted by atomic mass is 35.5. The molecule has 0 radical (unpaired) electrons. The second-order valence-corrected chi connectivity index (χ2v) is 7.04. The van der Waals surface area contributed by atoms with Gasteiger partial charge in [-0.2, -0.15) is 0 Å². The van der Waals surface area contributed by atoms with Gasteiger partial charge in [-0.05, 0) is 62.6 Å². The van der Waals surface area contributed by atoms with Gasteiger partial charge in [0.25, 0.3) is 5.91 Å². The molecule has 1 aliphatic rings. The summed E-state index contributed by atoms with van der Waals surface area (Å²) in [7, 11) is 0. The lowest BCUT2D eigenvalue weighted by atomic mass is 10.0. The Morgan fingerprint density at radius 2 is 1.93 bits per heavy atom. The molecule has 0 bridgehead atoms. The molecule has 2 unspecified atom stereocenters. The van der Waals surface area contributed by atoms with Crippen LogP contribution in [0.2, 0.25) is 0 Å². The summed E-state index contributed by atoms with van der Waals surface area (Å²) in [5, 5.41) is 3.16. The number of hydrogen-bond acceptors (Lipinski definition) is 3. The number of aromatic nitrogens is 2. The van der Waals surface area contributed by atoms with Crippen molar-refractivity contribution in [1.29, 1.82) is 0 Å². The van der Waals surface area contributed by atoms with Crippen molar-refractivity contribution in [2.24, 2.45) is 11.7 Å². The van der Waals surface area contributed by atoms with E-state index in [1.165, 1.54) is 0 Å². The van der Waals surface area contributed by atoms with Gasteiger partial charge in [-0.3, -0.25) is 9.36 Å². The first-order chi connectivity index (χ1) is 12.7. The number of hydrogen-bond donors (Lipinski definition) is 2. The molecule has 2 atom stereocenters. The number of amides is 1. The Labute approximate surface area is 177 Å². The van der Waals surface area contributed by atoms with Crippen molar-refractivity contribution in [3.05, 3.63) is 59.9 Å². The van der Waals surface area contributed by atoms with Gasteiger partial charge < -0.3 is 11.1 Å². The molecule has 4 rings (SSSR count). The Morgan fingerprint density at radius 3 is 2.64 bits per heavy atom. The van der Waals surface area contributed by atoms with E-state index in [9.17, 15) is 4.79 Å². The summed E-state index contributed by atoms with van der Waals surface area (Å²) in [6.07, 6.45) is 3.24. The summed E-state index contributed by atoms with van der Waals surface area (Å²) in [5.74, 6) is 1.26. The second-order valence-electron chi connectivity index (χ2n) is 7.04. The third kappa shape index (κ3) is 4.17. The predicted octanol–water partition coefficient (Wildman–Crippen LogP) is 4.03. The average Bonchev–Trinajstić information content (AvgIpc) is 3.24. The number of nitrogens with one attached hydrogen (secondary N) is 1. The van der Waals surface area contributed by atoms with Gasteiger partial charge in [0.2, 0.25) is 0 Å². The molecule has 1 saturated carbocycles. The fraction of sp³-hybridized carbons (Fsp3) is 0.333. The van der Waals surface area contributed by atoms with Crippen molar-refractivity contribution in [1.82, 2.24) is 14.9 Å². The lowest BCUT2D eigenvalue weighted by molar-refractivity contribution is 0.0929. The van der Waals surface area contributed by atoms with Crippen molar-refractivity contribution in [2.75, 3.05) is 6.54 Å². The lowest BCUT2D eigenvalue weighted by Crippen LogP contribution is -2.39. The van der Waals surface area contributed by atoms with E-state index < -0.39 is 0 Å². The van der Waals surface area contributed by atoms with E-state index in [4.69, 9.17) is 5.73 Å². The lowest BCUT2D eigenvalue weighted by Gasteiger charge is -2.19. The highest BCUT2D eigenvalue weighted by molar-refractivity contribution is 5.97. The van der Waals surface area contributed by atoms with Gasteiger partial charge in [0.1, 0.15) is 5.82 Å². The Kier molecular flexibility index (Phi) is 7.47. The van der Waals surface area contributed by atoms with Gasteiger partial charge in [0, 0.05) is 17.3 Å². The standard InChI is InChI=1S/C21H24N4O.2ClH/c1-14-23-19-12-15(21(26)24-18-9-5-6-16(18)13-22)10-11-20(19)25(14)17-7-3-2-4-8-17;;/h2-4,7-8,10-12,16,18H,5-6,9,13,22H2,1H3,(H,24,26);2*1H. The highest BCUT2D eigenvalue weighted by Crippen LogP contribution is 2.26. The van der Waals surface area contributed by atoms with E-state index >= 15 is 0 Å². The quantitative estimate of drug-likeness (QED) is 0.668. The van der Waals surface area contributed by atoms with Gasteiger partial charge in [-0.25, -0.2) is 4.98 Å². The van der Waals surface area contributed by atoms with E-state index in [1.54, 1.807) is 0 Å². The van der Waals surface area contributed by atoms with Crippen LogP contribution in [0.3, 0.4) is 0 Å². The van der Waals surface area contributed by atoms with E-state index in [-0.39, 0.29) is 36.8 Å². The third-order valence-corrected chi connectivity index (χ3v) is 5.38. The molecule has 0 spiro atoms. The molecule has 150 valence electrons. The van der Waals surface area contributed by atoms with Crippen LogP contribution in [0.15, 0.2) is 48.5 Å². The van der Waals surface area contributed by atoms with Crippen LogP contribution in [-0.4, -0.2) is 28.0 Å². The normalized spacial score (nSPS) is 18.4. The first kappa shape index (κ1) is 22.2. The van der Waals surface area contributed by atoms with Crippen LogP contribution in [0.1, 0.15) is 35.4 Å². The summed E-state index contributed by atoms with van der Waals surface area (Å²) in [6.45, 7) is 2.61. The Balaban J connectivity index is 0.00000140. The molecule has 1 fully saturated rings. The first-order valence-corrected chi connectivity index (χ1v) is 9.23. The minimum atomic E-state index is -0.0378. The van der Waals surface area contributed by atoms with Crippen molar-refractivity contribution >= 4 is 41.8 Å². The van der Waals surface area contributed by atoms with E-state index in [0.717, 1.165) is 41.8 Å². The van der Waals surface area contributed by atoms with E-state index in [1.807, 2.05) is 43.3 Å². The fourth-order valence-electron chi connectivity index (χ4n) is 4.01. The molecule has 0 saturated heterocycles. The summed E-state index contributed by atoms with van der Waals surface area (Å²) in [4.78, 5) is 17.3. The van der Waals surface area contributed by atoms with Crippen molar-refractivity contribution < 1.29 is 4.79 Å². The zero-order chi connectivity index (χ0) is 18.1. The van der Waals surface area contributed by atoms with Crippen LogP contribution >= 0.6 is 24.8 Å². The number of fused-ring (bicyclic) bond motifs is 1. The second kappa shape index (κ2) is 9.41. The number of nitrogens with zero attached hydrogens (tertiary/aromatic N) is 2. The van der Waals surface area contributed by atoms with Crippen LogP contribution in [-0.2, 0) is 0 Å². The Hall–Kier alpha value is -2.08. The third-order valence-electron chi connectivity index (χ3n) is 5.38. The molecule has 0 aliphatic heterocycles. The van der Waals surface area contributed by atoms with Gasteiger partial charge in [0.15, 0.2) is 0 Å². The molecular formula is C21H26Cl2N4O. The van der Waals surface area contributed by atoms with E-state index in [0.29, 0.717) is 18.0 Å². The van der Waals surface area contributed by atoms with E-state index in [2.05, 4.69) is 27.0 Å². The Morgan fingerprint density at radius 1 is 1.18 bits per heavy atom. The number of para-hydroxylation sites is 1. The fourth-order valence-corrected chi connectivity index (χ4v) is 4.01. The number of halogens is 2. The zero-order valence-corrected chi connectivity index (χ0v) is 17.4. The molecule has 28 heavy (non-hydrogen) atoms. The Bertz CT molecular complexity index is 942. The minimum absolute atomic E-state index is 0. The first-order valence-electron chi connectivity index (χ1n) is 9.23. The van der Waals surface area contributed by atoms with Crippen LogP contribution < -0.4 is 11.1 Å². The molecule has 1 amide bonds. The van der Waals surface area contributed by atoms with Crippen LogP contribution in [0, 0.1) is 12.8 Å². The molecule has 5 nitrogen and oxygen atoms in total. The number of carbonyl (C=O) groups is 1. The number of aryl methyl sites for hydroxylation is 1. The zero-order valence-electron chi connectivity index (χ0n) is 15.8. The number of benzene rings is 2. The monoisotopic (exact) mass is 420 g/mol. The maximum atomic E-state index is 12.7. The maximum absolute atomic E-state index is 12.7. The molecular weight excluding hydrogens is 395 g/mol. The highest BCUT2D eigenvalue weighted by Gasteiger charge is 2.27. The van der Waals surface area contributed by atoms with Crippen molar-refractivity contribution in [3.8, 4) is 5.69 Å². The summed E-state index contributed by atoms with van der Waals surface area (Å²) >= 11 is 0.